The molecule has 0 heterocycles. The van der Waals surface area contributed by atoms with Crippen LogP contribution in [0.1, 0.15) is 0 Å². The third-order valence-electron chi connectivity index (χ3n) is 2.22. The first-order valence-electron chi connectivity index (χ1n) is 4.25. The normalized spacial score (nSPS) is 13.7. The maximum Gasteiger partial charge on any atom is 0.232 e. The zero-order valence-corrected chi connectivity index (χ0v) is 13.0. The zero-order chi connectivity index (χ0) is 11.5. The molecule has 0 aromatic heterocycles. The van der Waals surface area contributed by atoms with Crippen LogP contribution in [0.15, 0.2) is 0 Å². The van der Waals surface area contributed by atoms with Crippen molar-refractivity contribution in [1.82, 2.24) is 14.0 Å². The molecule has 0 rings (SSSR count). The third-order valence-corrected chi connectivity index (χ3v) is 10.4. The molecule has 0 bridgehead atoms. The predicted molar refractivity (Wildman–Crippen MR) is 71.5 cm³/mol. The van der Waals surface area contributed by atoms with Crippen molar-refractivity contribution in [3.05, 3.63) is 0 Å². The lowest BCUT2D eigenvalue weighted by atomic mass is 11.2. The second-order valence-electron chi connectivity index (χ2n) is 3.68. The van der Waals surface area contributed by atoms with Gasteiger partial charge in [0, 0.05) is 42.3 Å². The monoisotopic (exact) mass is 278 g/mol. The van der Waals surface area contributed by atoms with Crippen molar-refractivity contribution in [3.8, 4) is 0 Å². The van der Waals surface area contributed by atoms with Gasteiger partial charge in [-0.05, 0) is 0 Å². The zero-order valence-electron chi connectivity index (χ0n) is 9.70. The summed E-state index contributed by atoms with van der Waals surface area (Å²) in [6.45, 7) is -0.917. The van der Waals surface area contributed by atoms with Gasteiger partial charge in [-0.1, -0.05) is 22.5 Å². The first-order chi connectivity index (χ1) is 6.25. The van der Waals surface area contributed by atoms with E-state index in [2.05, 4.69) is 56.3 Å². The number of halogens is 2. The number of nitrogens with zero attached hydrogens (tertiary/aromatic N) is 3. The van der Waals surface area contributed by atoms with Crippen LogP contribution in [0.25, 0.3) is 0 Å². The molecule has 0 aliphatic heterocycles. The molecule has 0 aromatic carbocycles. The minimum Gasteiger partial charge on any atom is -0.154 e. The smallest absolute Gasteiger partial charge is 0.154 e. The van der Waals surface area contributed by atoms with Crippen molar-refractivity contribution in [2.24, 2.45) is 0 Å². The number of hydrogen-bond donors (Lipinski definition) is 0. The Hall–Kier alpha value is 1.32. The van der Waals surface area contributed by atoms with Crippen molar-refractivity contribution >= 4 is 36.8 Å². The Kier molecular flexibility index (Phi) is 6.73. The lowest BCUT2D eigenvalue weighted by Crippen LogP contribution is -2.37. The molecule has 0 aliphatic rings. The summed E-state index contributed by atoms with van der Waals surface area (Å²) in [6, 6.07) is 0. The van der Waals surface area contributed by atoms with Gasteiger partial charge in [0.05, 0.1) is 0 Å². The Morgan fingerprint density at radius 3 is 1.21 bits per heavy atom. The molecule has 86 valence electrons. The maximum absolute atomic E-state index is 5.97. The van der Waals surface area contributed by atoms with Crippen LogP contribution in [0, 0.1) is 0 Å². The van der Waals surface area contributed by atoms with Crippen molar-refractivity contribution in [2.75, 3.05) is 48.2 Å². The van der Waals surface area contributed by atoms with E-state index in [-0.39, 0.29) is 0 Å². The van der Waals surface area contributed by atoms with Crippen LogP contribution in [0.5, 0.6) is 0 Å². The Morgan fingerprint density at radius 2 is 1.14 bits per heavy atom. The summed E-state index contributed by atoms with van der Waals surface area (Å²) in [5.74, 6) is 0.846. The fourth-order valence-corrected chi connectivity index (χ4v) is 10.5. The van der Waals surface area contributed by atoms with E-state index in [1.54, 1.807) is 0 Å². The summed E-state index contributed by atoms with van der Waals surface area (Å²) in [7, 11) is 11.0. The molecular weight excluding hydrogens is 259 g/mol. The Morgan fingerprint density at radius 1 is 0.857 bits per heavy atom. The molecular formula is C7H20Cl2N3P2+. The van der Waals surface area contributed by atoms with Gasteiger partial charge < -0.3 is 0 Å². The second-order valence-corrected chi connectivity index (χ2v) is 12.2. The van der Waals surface area contributed by atoms with E-state index >= 15 is 0 Å². The molecule has 0 unspecified atom stereocenters. The molecule has 0 saturated carbocycles. The van der Waals surface area contributed by atoms with E-state index in [4.69, 9.17) is 22.5 Å². The minimum absolute atomic E-state index is 0.846. The highest BCUT2D eigenvalue weighted by atomic mass is 35.9. The van der Waals surface area contributed by atoms with E-state index in [1.807, 2.05) is 0 Å². The third kappa shape index (κ3) is 3.42. The molecule has 14 heavy (non-hydrogen) atoms. The molecule has 0 spiro atoms. The molecule has 0 aromatic rings. The molecule has 0 fully saturated rings. The van der Waals surface area contributed by atoms with E-state index in [1.165, 1.54) is 0 Å². The summed E-state index contributed by atoms with van der Waals surface area (Å²) >= 11 is 11.9. The fraction of sp³-hybridized carbons (Fsp3) is 1.00. The Labute approximate surface area is 99.2 Å². The fourth-order valence-electron chi connectivity index (χ4n) is 1.60. The summed E-state index contributed by atoms with van der Waals surface area (Å²) in [5.41, 5.74) is 0. The maximum atomic E-state index is 5.97. The number of rotatable bonds is 5. The standard InChI is InChI=1S/C7H20Cl2N3P2/c1-10(2)14(11(3)4,12(5)6)7-13(8)9/h7H2,1-6H3/q+1. The quantitative estimate of drug-likeness (QED) is 0.716. The highest BCUT2D eigenvalue weighted by Crippen LogP contribution is 2.72. The highest BCUT2D eigenvalue weighted by Gasteiger charge is 2.48. The van der Waals surface area contributed by atoms with Crippen molar-refractivity contribution in [1.29, 1.82) is 0 Å². The Balaban J connectivity index is 4.95. The van der Waals surface area contributed by atoms with Gasteiger partial charge in [-0.25, -0.2) is 0 Å². The van der Waals surface area contributed by atoms with Crippen LogP contribution in [-0.4, -0.2) is 62.2 Å². The van der Waals surface area contributed by atoms with Crippen molar-refractivity contribution in [2.45, 2.75) is 0 Å². The van der Waals surface area contributed by atoms with Crippen molar-refractivity contribution in [3.63, 3.8) is 0 Å². The van der Waals surface area contributed by atoms with E-state index in [9.17, 15) is 0 Å². The van der Waals surface area contributed by atoms with Gasteiger partial charge in [-0.2, -0.15) is 14.0 Å². The van der Waals surface area contributed by atoms with Gasteiger partial charge >= 0.3 is 0 Å². The molecule has 7 heteroatoms. The molecule has 3 nitrogen and oxygen atoms in total. The van der Waals surface area contributed by atoms with Gasteiger partial charge in [0.25, 0.3) is 0 Å². The number of hydrogen-bond acceptors (Lipinski definition) is 3. The first kappa shape index (κ1) is 15.3. The lowest BCUT2D eigenvalue weighted by Gasteiger charge is -2.40. The minimum atomic E-state index is -1.50. The van der Waals surface area contributed by atoms with Gasteiger partial charge in [0.15, 0.2) is 5.90 Å². The van der Waals surface area contributed by atoms with Crippen LogP contribution < -0.4 is 0 Å². The molecule has 0 amide bonds. The van der Waals surface area contributed by atoms with Crippen molar-refractivity contribution < 1.29 is 0 Å². The second kappa shape index (κ2) is 6.15. The SMILES string of the molecule is CN(C)[P+](CP(Cl)Cl)(N(C)C)N(C)C. The average Bonchev–Trinajstić information content (AvgIpc) is 1.97. The molecule has 0 aliphatic carbocycles. The average molecular weight is 279 g/mol. The van der Waals surface area contributed by atoms with Gasteiger partial charge in [0.1, 0.15) is 6.63 Å². The molecule has 0 saturated heterocycles. The van der Waals surface area contributed by atoms with Crippen LogP contribution >= 0.6 is 36.8 Å². The molecule has 0 N–H and O–H groups in total. The summed E-state index contributed by atoms with van der Waals surface area (Å²) < 4.78 is 6.73. The van der Waals surface area contributed by atoms with E-state index < -0.39 is 14.3 Å². The highest BCUT2D eigenvalue weighted by molar-refractivity contribution is 8.08. The topological polar surface area (TPSA) is 9.72 Å². The Bertz CT molecular complexity index is 155. The molecule has 0 radical (unpaired) electrons. The van der Waals surface area contributed by atoms with Crippen LogP contribution in [0.4, 0.5) is 0 Å². The summed E-state index contributed by atoms with van der Waals surface area (Å²) in [4.78, 5) is 0. The van der Waals surface area contributed by atoms with E-state index in [0.29, 0.717) is 0 Å². The summed E-state index contributed by atoms with van der Waals surface area (Å²) in [5, 5.41) is 0. The van der Waals surface area contributed by atoms with Gasteiger partial charge in [0.2, 0.25) is 7.71 Å². The van der Waals surface area contributed by atoms with Crippen LogP contribution in [0.2, 0.25) is 0 Å². The van der Waals surface area contributed by atoms with E-state index in [0.717, 1.165) is 5.90 Å². The predicted octanol–water partition coefficient (Wildman–Crippen LogP) is 3.18. The van der Waals surface area contributed by atoms with Gasteiger partial charge in [-0.3, -0.25) is 0 Å². The largest absolute Gasteiger partial charge is 0.232 e. The van der Waals surface area contributed by atoms with Crippen LogP contribution in [0.3, 0.4) is 0 Å². The summed E-state index contributed by atoms with van der Waals surface area (Å²) in [6.07, 6.45) is 0. The first-order valence-corrected chi connectivity index (χ1v) is 9.42. The lowest BCUT2D eigenvalue weighted by molar-refractivity contribution is 0.465. The molecule has 0 atom stereocenters. The van der Waals surface area contributed by atoms with Gasteiger partial charge in [-0.15, -0.1) is 0 Å². The van der Waals surface area contributed by atoms with Crippen LogP contribution in [-0.2, 0) is 0 Å².